The molecule has 0 aliphatic heterocycles. The Kier molecular flexibility index (Phi) is 5.98. The molecule has 0 atom stereocenters. The van der Waals surface area contributed by atoms with Crippen LogP contribution in [0.3, 0.4) is 0 Å². The normalized spacial score (nSPS) is 11.8. The molecule has 0 fully saturated rings. The van der Waals surface area contributed by atoms with Crippen molar-refractivity contribution in [2.24, 2.45) is 0 Å². The van der Waals surface area contributed by atoms with E-state index in [1.165, 1.54) is 98.4 Å². The molecule has 10 rings (SSSR count). The van der Waals surface area contributed by atoms with Gasteiger partial charge in [0, 0.05) is 0 Å². The minimum absolute atomic E-state index is 1.22. The lowest BCUT2D eigenvalue weighted by atomic mass is 9.89. The highest BCUT2D eigenvalue weighted by molar-refractivity contribution is 6.25. The van der Waals surface area contributed by atoms with E-state index in [1.807, 2.05) is 0 Å². The average molecular weight is 607 g/mol. The zero-order valence-corrected chi connectivity index (χ0v) is 26.3. The Hall–Kier alpha value is -6.24. The Morgan fingerprint density at radius 2 is 0.646 bits per heavy atom. The van der Waals surface area contributed by atoms with Gasteiger partial charge in [-0.05, 0) is 104 Å². The first-order chi connectivity index (χ1) is 23.8. The summed E-state index contributed by atoms with van der Waals surface area (Å²) in [6.45, 7) is 0. The fraction of sp³-hybridized carbons (Fsp3) is 0. The van der Waals surface area contributed by atoms with Crippen LogP contribution in [0.2, 0.25) is 0 Å². The van der Waals surface area contributed by atoms with Gasteiger partial charge < -0.3 is 0 Å². The van der Waals surface area contributed by atoms with Crippen molar-refractivity contribution in [1.29, 1.82) is 0 Å². The summed E-state index contributed by atoms with van der Waals surface area (Å²) in [6.07, 6.45) is 0. The molecule has 0 heteroatoms. The maximum atomic E-state index is 2.30. The Labute approximate surface area is 279 Å². The van der Waals surface area contributed by atoms with Gasteiger partial charge >= 0.3 is 0 Å². The number of rotatable bonds is 4. The number of hydrogen-bond donors (Lipinski definition) is 0. The average Bonchev–Trinajstić information content (AvgIpc) is 3.16. The first-order valence-electron chi connectivity index (χ1n) is 16.7. The maximum absolute atomic E-state index is 2.30. The summed E-state index contributed by atoms with van der Waals surface area (Å²) >= 11 is 0. The van der Waals surface area contributed by atoms with Gasteiger partial charge in [-0.3, -0.25) is 0 Å². The third kappa shape index (κ3) is 4.24. The molecule has 0 unspecified atom stereocenters. The van der Waals surface area contributed by atoms with E-state index in [4.69, 9.17) is 0 Å². The van der Waals surface area contributed by atoms with Gasteiger partial charge in [-0.25, -0.2) is 0 Å². The van der Waals surface area contributed by atoms with Crippen LogP contribution >= 0.6 is 0 Å². The SMILES string of the molecule is c1ccc2c(-c3ccc(-c4ccc(-c5ccc(-c6ccc7ccc8cccc9ccc6c7c89)cc5)cc4)cc3)c3ccccc3cc2c1. The van der Waals surface area contributed by atoms with Crippen LogP contribution in [0.5, 0.6) is 0 Å². The summed E-state index contributed by atoms with van der Waals surface area (Å²) in [4.78, 5) is 0. The minimum atomic E-state index is 1.22. The summed E-state index contributed by atoms with van der Waals surface area (Å²) in [6, 6.07) is 67.0. The van der Waals surface area contributed by atoms with Gasteiger partial charge in [0.15, 0.2) is 0 Å². The third-order valence-corrected chi connectivity index (χ3v) is 10.2. The molecule has 0 radical (unpaired) electrons. The van der Waals surface area contributed by atoms with Crippen molar-refractivity contribution in [3.63, 3.8) is 0 Å². The Morgan fingerprint density at radius 3 is 1.21 bits per heavy atom. The van der Waals surface area contributed by atoms with Crippen molar-refractivity contribution in [2.45, 2.75) is 0 Å². The van der Waals surface area contributed by atoms with Gasteiger partial charge in [-0.1, -0.05) is 176 Å². The Balaban J connectivity index is 0.956. The molecule has 0 amide bonds. The molecule has 0 aromatic heterocycles. The van der Waals surface area contributed by atoms with Gasteiger partial charge in [-0.15, -0.1) is 0 Å². The van der Waals surface area contributed by atoms with E-state index in [-0.39, 0.29) is 0 Å². The largest absolute Gasteiger partial charge is 0.0616 e. The van der Waals surface area contributed by atoms with Crippen molar-refractivity contribution >= 4 is 53.9 Å². The van der Waals surface area contributed by atoms with E-state index in [2.05, 4.69) is 182 Å². The quantitative estimate of drug-likeness (QED) is 0.138. The first-order valence-corrected chi connectivity index (χ1v) is 16.7. The molecule has 48 heavy (non-hydrogen) atoms. The van der Waals surface area contributed by atoms with Gasteiger partial charge in [0.25, 0.3) is 0 Å². The fourth-order valence-electron chi connectivity index (χ4n) is 7.84. The molecule has 0 nitrogen and oxygen atoms in total. The lowest BCUT2D eigenvalue weighted by Crippen LogP contribution is -1.87. The molecule has 0 spiro atoms. The second-order valence-corrected chi connectivity index (χ2v) is 12.9. The summed E-state index contributed by atoms with van der Waals surface area (Å²) in [5.74, 6) is 0. The van der Waals surface area contributed by atoms with E-state index >= 15 is 0 Å². The highest BCUT2D eigenvalue weighted by Gasteiger charge is 2.13. The van der Waals surface area contributed by atoms with Gasteiger partial charge in [0.2, 0.25) is 0 Å². The number of benzene rings is 10. The lowest BCUT2D eigenvalue weighted by Gasteiger charge is -2.14. The molecule has 222 valence electrons. The number of hydrogen-bond acceptors (Lipinski definition) is 0. The van der Waals surface area contributed by atoms with Crippen molar-refractivity contribution in [3.05, 3.63) is 182 Å². The summed E-state index contributed by atoms with van der Waals surface area (Å²) < 4.78 is 0. The van der Waals surface area contributed by atoms with Crippen LogP contribution in [-0.4, -0.2) is 0 Å². The molecule has 10 aromatic carbocycles. The second kappa shape index (κ2) is 10.7. The Bertz CT molecular complexity index is 2710. The van der Waals surface area contributed by atoms with E-state index in [0.717, 1.165) is 0 Å². The fourth-order valence-corrected chi connectivity index (χ4v) is 7.84. The van der Waals surface area contributed by atoms with Gasteiger partial charge in [0.05, 0.1) is 0 Å². The molecule has 0 bridgehead atoms. The molecule has 0 N–H and O–H groups in total. The topological polar surface area (TPSA) is 0 Å². The lowest BCUT2D eigenvalue weighted by molar-refractivity contribution is 1.58. The smallest absolute Gasteiger partial charge is 0.00206 e. The van der Waals surface area contributed by atoms with E-state index in [9.17, 15) is 0 Å². The van der Waals surface area contributed by atoms with Crippen molar-refractivity contribution in [2.75, 3.05) is 0 Å². The zero-order chi connectivity index (χ0) is 31.6. The summed E-state index contributed by atoms with van der Waals surface area (Å²) in [5, 5.41) is 13.1. The van der Waals surface area contributed by atoms with Crippen molar-refractivity contribution in [3.8, 4) is 44.5 Å². The molecule has 0 aliphatic rings. The maximum Gasteiger partial charge on any atom is -0.00206 e. The van der Waals surface area contributed by atoms with Crippen LogP contribution in [0.25, 0.3) is 98.4 Å². The van der Waals surface area contributed by atoms with E-state index < -0.39 is 0 Å². The molecule has 0 saturated heterocycles. The molecule has 0 aliphatic carbocycles. The molecular weight excluding hydrogens is 577 g/mol. The van der Waals surface area contributed by atoms with Crippen LogP contribution in [0.1, 0.15) is 0 Å². The predicted molar refractivity (Wildman–Crippen MR) is 207 cm³/mol. The van der Waals surface area contributed by atoms with Gasteiger partial charge in [-0.2, -0.15) is 0 Å². The van der Waals surface area contributed by atoms with Gasteiger partial charge in [0.1, 0.15) is 0 Å². The first kappa shape index (κ1) is 26.9. The number of fused-ring (bicyclic) bond motifs is 2. The van der Waals surface area contributed by atoms with Crippen molar-refractivity contribution in [1.82, 2.24) is 0 Å². The molecule has 0 heterocycles. The van der Waals surface area contributed by atoms with Crippen LogP contribution in [-0.2, 0) is 0 Å². The monoisotopic (exact) mass is 606 g/mol. The summed E-state index contributed by atoms with van der Waals surface area (Å²) in [5.41, 5.74) is 9.96. The molecule has 0 saturated carbocycles. The molecular formula is C48H30. The highest BCUT2D eigenvalue weighted by Crippen LogP contribution is 2.40. The van der Waals surface area contributed by atoms with Crippen LogP contribution in [0, 0.1) is 0 Å². The zero-order valence-electron chi connectivity index (χ0n) is 26.3. The van der Waals surface area contributed by atoms with Crippen LogP contribution in [0.4, 0.5) is 0 Å². The minimum Gasteiger partial charge on any atom is -0.0616 e. The Morgan fingerprint density at radius 1 is 0.229 bits per heavy atom. The highest BCUT2D eigenvalue weighted by atomic mass is 14.2. The molecule has 10 aromatic rings. The van der Waals surface area contributed by atoms with E-state index in [1.54, 1.807) is 0 Å². The van der Waals surface area contributed by atoms with E-state index in [0.29, 0.717) is 0 Å². The van der Waals surface area contributed by atoms with Crippen LogP contribution < -0.4 is 0 Å². The third-order valence-electron chi connectivity index (χ3n) is 10.2. The standard InChI is InChI=1S/C48H30/c1-3-10-43-40(6-1)30-41-7-2-4-11-44(41)47(43)38-22-18-34(19-23-38)32-14-12-31(13-15-32)33-16-20-35(21-17-33)42-28-26-39-25-24-36-8-5-9-37-27-29-45(42)48(39)46(36)37/h1-30H. The van der Waals surface area contributed by atoms with Crippen molar-refractivity contribution < 1.29 is 0 Å². The predicted octanol–water partition coefficient (Wildman–Crippen LogP) is 13.6. The summed E-state index contributed by atoms with van der Waals surface area (Å²) in [7, 11) is 0. The second-order valence-electron chi connectivity index (χ2n) is 12.9. The van der Waals surface area contributed by atoms with Crippen LogP contribution in [0.15, 0.2) is 182 Å².